The first-order valence-electron chi connectivity index (χ1n) is 13.4. The van der Waals surface area contributed by atoms with Gasteiger partial charge in [-0.1, -0.05) is 36.4 Å². The number of rotatable bonds is 9. The molecule has 3 aliphatic carbocycles. The second kappa shape index (κ2) is 10.3. The Morgan fingerprint density at radius 1 is 0.902 bits per heavy atom. The lowest BCUT2D eigenvalue weighted by Gasteiger charge is -2.75. The summed E-state index contributed by atoms with van der Waals surface area (Å²) in [6.07, 6.45) is 2.44. The first kappa shape index (κ1) is 29.3. The molecule has 1 N–H and O–H groups in total. The van der Waals surface area contributed by atoms with Gasteiger partial charge in [-0.15, -0.1) is 0 Å². The predicted molar refractivity (Wildman–Crippen MR) is 151 cm³/mol. The van der Waals surface area contributed by atoms with Gasteiger partial charge in [-0.25, -0.2) is 30.8 Å². The number of hydrogen-bond acceptors (Lipinski definition) is 6. The second-order valence-corrected chi connectivity index (χ2v) is 16.2. The first-order valence-corrected chi connectivity index (χ1v) is 17.5. The molecule has 13 heteroatoms. The Bertz CT molecular complexity index is 1560. The zero-order chi connectivity index (χ0) is 29.8. The highest BCUT2D eigenvalue weighted by Gasteiger charge is 2.74. The highest BCUT2D eigenvalue weighted by Crippen LogP contribution is 2.66. The van der Waals surface area contributed by atoms with E-state index in [1.165, 1.54) is 12.1 Å². The van der Waals surface area contributed by atoms with E-state index in [4.69, 9.17) is 0 Å². The zero-order valence-electron chi connectivity index (χ0n) is 23.0. The van der Waals surface area contributed by atoms with Crippen molar-refractivity contribution in [2.45, 2.75) is 42.8 Å². The van der Waals surface area contributed by atoms with Crippen molar-refractivity contribution in [3.63, 3.8) is 0 Å². The van der Waals surface area contributed by atoms with Crippen molar-refractivity contribution in [3.8, 4) is 0 Å². The van der Waals surface area contributed by atoms with Crippen LogP contribution in [0.2, 0.25) is 0 Å². The van der Waals surface area contributed by atoms with Gasteiger partial charge < -0.3 is 19.8 Å². The number of sulfone groups is 2. The van der Waals surface area contributed by atoms with E-state index in [-0.39, 0.29) is 30.6 Å². The molecule has 3 fully saturated rings. The summed E-state index contributed by atoms with van der Waals surface area (Å²) in [5, 5.41) is 9.85. The molecule has 3 saturated carbocycles. The van der Waals surface area contributed by atoms with E-state index < -0.39 is 48.7 Å². The number of urea groups is 1. The standard InChI is InChI=1S/C28H34FN3O7S2/c1-40(36,37)15-13-31(27-17-28(18-27,19-27)32(26(34)35)14-16-41(2,38)39)25(33)30-12-11-20-5-3-4-6-23(20)24(30)21-7-9-22(29)10-8-21/h3-10,24H,11-19H2,1-2H3,(H,34,35). The van der Waals surface area contributed by atoms with E-state index in [1.807, 2.05) is 24.3 Å². The van der Waals surface area contributed by atoms with Crippen molar-refractivity contribution in [1.82, 2.24) is 14.7 Å². The molecule has 0 saturated heterocycles. The third-order valence-corrected chi connectivity index (χ3v) is 10.5. The number of carbonyl (C=O) groups is 2. The summed E-state index contributed by atoms with van der Waals surface area (Å²) in [5.41, 5.74) is 1.19. The lowest BCUT2D eigenvalue weighted by atomic mass is 9.42. The number of fused-ring (bicyclic) bond motifs is 1. The van der Waals surface area contributed by atoms with Gasteiger partial charge in [0.1, 0.15) is 25.5 Å². The fraction of sp³-hybridized carbons (Fsp3) is 0.500. The van der Waals surface area contributed by atoms with Crippen molar-refractivity contribution in [2.24, 2.45) is 0 Å². The minimum Gasteiger partial charge on any atom is -0.465 e. The molecule has 6 rings (SSSR count). The van der Waals surface area contributed by atoms with Crippen molar-refractivity contribution in [2.75, 3.05) is 43.7 Å². The molecular formula is C28H34FN3O7S2. The summed E-state index contributed by atoms with van der Waals surface area (Å²) in [4.78, 5) is 30.9. The quantitative estimate of drug-likeness (QED) is 0.464. The molecule has 0 radical (unpaired) electrons. The summed E-state index contributed by atoms with van der Waals surface area (Å²) in [6.45, 7) is 0.139. The zero-order valence-corrected chi connectivity index (χ0v) is 24.6. The van der Waals surface area contributed by atoms with E-state index in [2.05, 4.69) is 0 Å². The Morgan fingerprint density at radius 3 is 2.00 bits per heavy atom. The Morgan fingerprint density at radius 2 is 1.44 bits per heavy atom. The van der Waals surface area contributed by atoms with Crippen LogP contribution in [-0.2, 0) is 26.1 Å². The van der Waals surface area contributed by atoms with Crippen LogP contribution in [-0.4, -0.2) is 103 Å². The van der Waals surface area contributed by atoms with Crippen LogP contribution in [0.25, 0.3) is 0 Å². The fourth-order valence-electron chi connectivity index (χ4n) is 6.77. The van der Waals surface area contributed by atoms with Gasteiger partial charge in [0.25, 0.3) is 0 Å². The maximum Gasteiger partial charge on any atom is 0.407 e. The van der Waals surface area contributed by atoms with Crippen molar-refractivity contribution in [1.29, 1.82) is 0 Å². The van der Waals surface area contributed by atoms with E-state index in [0.717, 1.165) is 34.1 Å². The van der Waals surface area contributed by atoms with Crippen LogP contribution in [0.5, 0.6) is 0 Å². The topological polar surface area (TPSA) is 132 Å². The molecule has 0 aromatic heterocycles. The maximum atomic E-state index is 14.4. The smallest absolute Gasteiger partial charge is 0.407 e. The summed E-state index contributed by atoms with van der Waals surface area (Å²) in [5.74, 6) is -0.962. The van der Waals surface area contributed by atoms with Gasteiger partial charge in [0.15, 0.2) is 0 Å². The van der Waals surface area contributed by atoms with Gasteiger partial charge >= 0.3 is 12.1 Å². The van der Waals surface area contributed by atoms with Crippen LogP contribution in [0, 0.1) is 5.82 Å². The summed E-state index contributed by atoms with van der Waals surface area (Å²) >= 11 is 0. The van der Waals surface area contributed by atoms with E-state index in [9.17, 15) is 35.9 Å². The Hall–Kier alpha value is -3.19. The molecule has 4 aliphatic rings. The van der Waals surface area contributed by atoms with Gasteiger partial charge in [0.2, 0.25) is 0 Å². The van der Waals surface area contributed by atoms with E-state index in [0.29, 0.717) is 32.2 Å². The number of halogens is 1. The van der Waals surface area contributed by atoms with Crippen LogP contribution in [0.4, 0.5) is 14.0 Å². The summed E-state index contributed by atoms with van der Waals surface area (Å²) in [7, 11) is -6.82. The van der Waals surface area contributed by atoms with Crippen LogP contribution in [0.15, 0.2) is 48.5 Å². The van der Waals surface area contributed by atoms with Crippen LogP contribution < -0.4 is 0 Å². The molecule has 2 bridgehead atoms. The second-order valence-electron chi connectivity index (χ2n) is 11.7. The molecule has 1 heterocycles. The Kier molecular flexibility index (Phi) is 7.34. The minimum atomic E-state index is -3.42. The molecule has 41 heavy (non-hydrogen) atoms. The highest BCUT2D eigenvalue weighted by atomic mass is 32.2. The molecular weight excluding hydrogens is 573 g/mol. The third kappa shape index (κ3) is 5.66. The maximum absolute atomic E-state index is 14.4. The van der Waals surface area contributed by atoms with Crippen LogP contribution in [0.1, 0.15) is 42.0 Å². The molecule has 2 aromatic rings. The Balaban J connectivity index is 1.45. The lowest BCUT2D eigenvalue weighted by Crippen LogP contribution is -2.85. The number of hydrogen-bond donors (Lipinski definition) is 1. The molecule has 1 aliphatic heterocycles. The first-order chi connectivity index (χ1) is 19.1. The average molecular weight is 608 g/mol. The summed E-state index contributed by atoms with van der Waals surface area (Å²) in [6, 6.07) is 12.9. The average Bonchev–Trinajstić information content (AvgIpc) is 2.84. The van der Waals surface area contributed by atoms with Crippen molar-refractivity contribution < 1.29 is 35.9 Å². The monoisotopic (exact) mass is 607 g/mol. The van der Waals surface area contributed by atoms with Gasteiger partial charge in [-0.2, -0.15) is 0 Å². The Labute approximate surface area is 239 Å². The summed E-state index contributed by atoms with van der Waals surface area (Å²) < 4.78 is 61.6. The molecule has 1 atom stereocenters. The predicted octanol–water partition coefficient (Wildman–Crippen LogP) is 2.94. The number of carboxylic acid groups (broad SMARTS) is 1. The lowest BCUT2D eigenvalue weighted by molar-refractivity contribution is -0.206. The molecule has 222 valence electrons. The van der Waals surface area contributed by atoms with Gasteiger partial charge in [-0.05, 0) is 54.5 Å². The van der Waals surface area contributed by atoms with Crippen LogP contribution >= 0.6 is 0 Å². The number of carbonyl (C=O) groups excluding carboxylic acids is 1. The fourth-order valence-corrected chi connectivity index (χ4v) is 7.80. The molecule has 1 unspecified atom stereocenters. The molecule has 0 spiro atoms. The number of benzene rings is 2. The normalized spacial score (nSPS) is 25.0. The van der Waals surface area contributed by atoms with Gasteiger partial charge in [0.05, 0.1) is 28.6 Å². The number of amides is 3. The van der Waals surface area contributed by atoms with Crippen LogP contribution in [0.3, 0.4) is 0 Å². The minimum absolute atomic E-state index is 0.0571. The molecule has 2 aromatic carbocycles. The van der Waals surface area contributed by atoms with E-state index >= 15 is 0 Å². The van der Waals surface area contributed by atoms with Crippen molar-refractivity contribution >= 4 is 31.8 Å². The SMILES string of the molecule is CS(=O)(=O)CCN(C(=O)O)C12CC(N(CCS(C)(=O)=O)C(=O)N3CCc4ccccc4C3c3ccc(F)cc3)(C1)C2. The van der Waals surface area contributed by atoms with Crippen molar-refractivity contribution in [3.05, 3.63) is 71.0 Å². The number of nitrogens with zero attached hydrogens (tertiary/aromatic N) is 3. The van der Waals surface area contributed by atoms with Gasteiger partial charge in [0, 0.05) is 32.1 Å². The van der Waals surface area contributed by atoms with E-state index in [1.54, 1.807) is 21.9 Å². The molecule has 3 amide bonds. The van der Waals surface area contributed by atoms with Gasteiger partial charge in [-0.3, -0.25) is 0 Å². The molecule has 10 nitrogen and oxygen atoms in total. The largest absolute Gasteiger partial charge is 0.465 e. The highest BCUT2D eigenvalue weighted by molar-refractivity contribution is 7.90. The third-order valence-electron chi connectivity index (χ3n) is 8.67.